The second kappa shape index (κ2) is 7.56. The number of carbonyl (C=O) groups is 1. The molecule has 5 nitrogen and oxygen atoms in total. The van der Waals surface area contributed by atoms with E-state index in [1.807, 2.05) is 45.0 Å². The van der Waals surface area contributed by atoms with Crippen LogP contribution < -0.4 is 5.32 Å². The molecule has 0 unspecified atom stereocenters. The number of benzene rings is 1. The summed E-state index contributed by atoms with van der Waals surface area (Å²) < 4.78 is 24.5. The Morgan fingerprint density at radius 2 is 1.81 bits per heavy atom. The Bertz CT molecular complexity index is 565. The predicted molar refractivity (Wildman–Crippen MR) is 84.3 cm³/mol. The van der Waals surface area contributed by atoms with Crippen LogP contribution in [0, 0.1) is 12.8 Å². The van der Waals surface area contributed by atoms with Crippen LogP contribution in [0.1, 0.15) is 25.0 Å². The fourth-order valence-corrected chi connectivity index (χ4v) is 2.77. The van der Waals surface area contributed by atoms with Crippen molar-refractivity contribution >= 4 is 15.9 Å². The average molecular weight is 312 g/mol. The number of hydrogen-bond donors (Lipinski definition) is 1. The zero-order chi connectivity index (χ0) is 16.0. The van der Waals surface area contributed by atoms with Crippen molar-refractivity contribution in [1.29, 1.82) is 0 Å². The Hall–Kier alpha value is -1.40. The van der Waals surface area contributed by atoms with Crippen LogP contribution >= 0.6 is 0 Å². The van der Waals surface area contributed by atoms with Gasteiger partial charge in [0, 0.05) is 13.1 Å². The Balaban J connectivity index is 2.56. The number of hydrogen-bond acceptors (Lipinski definition) is 3. The summed E-state index contributed by atoms with van der Waals surface area (Å²) in [7, 11) is -3.37. The molecule has 6 heteroatoms. The van der Waals surface area contributed by atoms with E-state index in [9.17, 15) is 13.2 Å². The second-order valence-electron chi connectivity index (χ2n) is 5.71. The van der Waals surface area contributed by atoms with Gasteiger partial charge in [0.25, 0.3) is 0 Å². The van der Waals surface area contributed by atoms with Crippen LogP contribution in [0.25, 0.3) is 0 Å². The maximum atomic E-state index is 11.9. The zero-order valence-corrected chi connectivity index (χ0v) is 13.9. The third-order valence-corrected chi connectivity index (χ3v) is 4.18. The van der Waals surface area contributed by atoms with Crippen LogP contribution in [-0.4, -0.2) is 38.0 Å². The molecule has 0 spiro atoms. The normalized spacial score (nSPS) is 11.9. The third kappa shape index (κ3) is 6.73. The molecular formula is C15H24N2O3S. The lowest BCUT2D eigenvalue weighted by Crippen LogP contribution is -2.41. The van der Waals surface area contributed by atoms with E-state index in [-0.39, 0.29) is 18.4 Å². The first-order valence-electron chi connectivity index (χ1n) is 6.96. The van der Waals surface area contributed by atoms with Crippen molar-refractivity contribution in [1.82, 2.24) is 9.62 Å². The van der Waals surface area contributed by atoms with Crippen molar-refractivity contribution in [2.24, 2.45) is 5.92 Å². The van der Waals surface area contributed by atoms with Crippen LogP contribution in [0.3, 0.4) is 0 Å². The Labute approximate surface area is 127 Å². The van der Waals surface area contributed by atoms with E-state index < -0.39 is 10.0 Å². The Morgan fingerprint density at radius 3 is 2.29 bits per heavy atom. The van der Waals surface area contributed by atoms with Crippen molar-refractivity contribution in [3.05, 3.63) is 35.4 Å². The van der Waals surface area contributed by atoms with Gasteiger partial charge >= 0.3 is 0 Å². The molecule has 21 heavy (non-hydrogen) atoms. The largest absolute Gasteiger partial charge is 0.351 e. The van der Waals surface area contributed by atoms with Crippen LogP contribution in [-0.2, 0) is 21.4 Å². The fraction of sp³-hybridized carbons (Fsp3) is 0.533. The van der Waals surface area contributed by atoms with Gasteiger partial charge in [-0.1, -0.05) is 43.7 Å². The fourth-order valence-electron chi connectivity index (χ4n) is 1.85. The van der Waals surface area contributed by atoms with Crippen LogP contribution in [0.4, 0.5) is 0 Å². The maximum absolute atomic E-state index is 11.9. The van der Waals surface area contributed by atoms with Crippen molar-refractivity contribution in [3.8, 4) is 0 Å². The molecule has 0 aliphatic heterocycles. The van der Waals surface area contributed by atoms with Gasteiger partial charge in [0.1, 0.15) is 0 Å². The molecule has 0 saturated carbocycles. The molecule has 118 valence electrons. The lowest BCUT2D eigenvalue weighted by Gasteiger charge is -2.21. The number of sulfonamides is 1. The van der Waals surface area contributed by atoms with E-state index in [0.29, 0.717) is 13.1 Å². The standard InChI is InChI=1S/C15H24N2O3S/c1-12(2)10-17(21(4,19)20)11-15(18)16-9-14-7-5-13(3)6-8-14/h5-8,12H,9-11H2,1-4H3,(H,16,18). The van der Waals surface area contributed by atoms with E-state index in [2.05, 4.69) is 5.32 Å². The predicted octanol–water partition coefficient (Wildman–Crippen LogP) is 1.53. The van der Waals surface area contributed by atoms with Crippen LogP contribution in [0.2, 0.25) is 0 Å². The molecule has 1 aromatic carbocycles. The van der Waals surface area contributed by atoms with E-state index in [1.54, 1.807) is 0 Å². The van der Waals surface area contributed by atoms with Gasteiger partial charge in [0.05, 0.1) is 12.8 Å². The quantitative estimate of drug-likeness (QED) is 0.830. The molecule has 1 aromatic rings. The molecule has 0 heterocycles. The molecule has 0 bridgehead atoms. The van der Waals surface area contributed by atoms with Crippen molar-refractivity contribution in [3.63, 3.8) is 0 Å². The van der Waals surface area contributed by atoms with E-state index in [0.717, 1.165) is 17.4 Å². The number of carbonyl (C=O) groups excluding carboxylic acids is 1. The summed E-state index contributed by atoms with van der Waals surface area (Å²) in [6, 6.07) is 7.84. The van der Waals surface area contributed by atoms with Gasteiger partial charge in [-0.3, -0.25) is 4.79 Å². The van der Waals surface area contributed by atoms with Gasteiger partial charge in [-0.2, -0.15) is 4.31 Å². The Kier molecular flexibility index (Phi) is 6.36. The first-order chi connectivity index (χ1) is 9.68. The molecule has 1 N–H and O–H groups in total. The van der Waals surface area contributed by atoms with Gasteiger partial charge in [0.2, 0.25) is 15.9 Å². The van der Waals surface area contributed by atoms with E-state index >= 15 is 0 Å². The number of nitrogens with one attached hydrogen (secondary N) is 1. The summed E-state index contributed by atoms with van der Waals surface area (Å²) in [5.74, 6) is -0.119. The average Bonchev–Trinajstić information content (AvgIpc) is 2.36. The summed E-state index contributed by atoms with van der Waals surface area (Å²) in [5.41, 5.74) is 2.15. The summed E-state index contributed by atoms with van der Waals surface area (Å²) in [6.07, 6.45) is 1.13. The maximum Gasteiger partial charge on any atom is 0.235 e. The van der Waals surface area contributed by atoms with E-state index in [1.165, 1.54) is 4.31 Å². The highest BCUT2D eigenvalue weighted by atomic mass is 32.2. The summed E-state index contributed by atoms with van der Waals surface area (Å²) in [6.45, 7) is 6.45. The van der Waals surface area contributed by atoms with E-state index in [4.69, 9.17) is 0 Å². The molecule has 0 fully saturated rings. The summed E-state index contributed by atoms with van der Waals surface area (Å²) >= 11 is 0. The highest BCUT2D eigenvalue weighted by molar-refractivity contribution is 7.88. The topological polar surface area (TPSA) is 66.5 Å². The lowest BCUT2D eigenvalue weighted by molar-refractivity contribution is -0.121. The highest BCUT2D eigenvalue weighted by Gasteiger charge is 2.20. The number of aryl methyl sites for hydroxylation is 1. The lowest BCUT2D eigenvalue weighted by atomic mass is 10.1. The number of rotatable bonds is 7. The van der Waals surface area contributed by atoms with Crippen LogP contribution in [0.5, 0.6) is 0 Å². The number of amides is 1. The molecular weight excluding hydrogens is 288 g/mol. The van der Waals surface area contributed by atoms with Crippen LogP contribution in [0.15, 0.2) is 24.3 Å². The SMILES string of the molecule is Cc1ccc(CNC(=O)CN(CC(C)C)S(C)(=O)=O)cc1. The molecule has 0 aliphatic carbocycles. The van der Waals surface area contributed by atoms with Gasteiger partial charge in [-0.05, 0) is 18.4 Å². The second-order valence-corrected chi connectivity index (χ2v) is 7.69. The van der Waals surface area contributed by atoms with Gasteiger partial charge < -0.3 is 5.32 Å². The molecule has 0 radical (unpaired) electrons. The third-order valence-electron chi connectivity index (χ3n) is 2.97. The molecule has 0 saturated heterocycles. The molecule has 0 aliphatic rings. The zero-order valence-electron chi connectivity index (χ0n) is 13.1. The first-order valence-corrected chi connectivity index (χ1v) is 8.80. The van der Waals surface area contributed by atoms with Gasteiger partial charge in [0.15, 0.2) is 0 Å². The summed E-state index contributed by atoms with van der Waals surface area (Å²) in [5, 5.41) is 2.75. The van der Waals surface area contributed by atoms with Crippen molar-refractivity contribution in [2.75, 3.05) is 19.3 Å². The van der Waals surface area contributed by atoms with Crippen molar-refractivity contribution < 1.29 is 13.2 Å². The first kappa shape index (κ1) is 17.7. The smallest absolute Gasteiger partial charge is 0.235 e. The van der Waals surface area contributed by atoms with Gasteiger partial charge in [-0.15, -0.1) is 0 Å². The monoisotopic (exact) mass is 312 g/mol. The summed E-state index contributed by atoms with van der Waals surface area (Å²) in [4.78, 5) is 11.9. The Morgan fingerprint density at radius 1 is 1.24 bits per heavy atom. The molecule has 0 aromatic heterocycles. The molecule has 1 amide bonds. The minimum Gasteiger partial charge on any atom is -0.351 e. The molecule has 0 atom stereocenters. The van der Waals surface area contributed by atoms with Crippen molar-refractivity contribution in [2.45, 2.75) is 27.3 Å². The minimum absolute atomic E-state index is 0.136. The minimum atomic E-state index is -3.37. The number of nitrogens with zero attached hydrogens (tertiary/aromatic N) is 1. The molecule has 1 rings (SSSR count). The van der Waals surface area contributed by atoms with Gasteiger partial charge in [-0.25, -0.2) is 8.42 Å². The highest BCUT2D eigenvalue weighted by Crippen LogP contribution is 2.05.